The standard InChI is InChI=1S/C17H24N2OS/c1-4-13-5-7-14(8-6-13)20-10-9-16-19-17(12(2)3)15(11-18)21-16/h5-8,12H,4,9-11,18H2,1-3H3. The highest BCUT2D eigenvalue weighted by Gasteiger charge is 2.12. The van der Waals surface area contributed by atoms with Crippen molar-refractivity contribution >= 4 is 11.3 Å². The number of benzene rings is 1. The topological polar surface area (TPSA) is 48.1 Å². The van der Waals surface area contributed by atoms with Gasteiger partial charge >= 0.3 is 0 Å². The highest BCUT2D eigenvalue weighted by atomic mass is 32.1. The molecule has 0 radical (unpaired) electrons. The Hall–Kier alpha value is -1.39. The fourth-order valence-electron chi connectivity index (χ4n) is 2.20. The fourth-order valence-corrected chi connectivity index (χ4v) is 3.28. The smallest absolute Gasteiger partial charge is 0.119 e. The number of rotatable bonds is 7. The zero-order valence-corrected chi connectivity index (χ0v) is 13.9. The van der Waals surface area contributed by atoms with Crippen LogP contribution in [0.2, 0.25) is 0 Å². The number of aryl methyl sites for hydroxylation is 1. The average Bonchev–Trinajstić information content (AvgIpc) is 2.91. The molecule has 2 aromatic rings. The zero-order chi connectivity index (χ0) is 15.2. The summed E-state index contributed by atoms with van der Waals surface area (Å²) in [5.74, 6) is 1.35. The lowest BCUT2D eigenvalue weighted by atomic mass is 10.1. The molecule has 2 N–H and O–H groups in total. The monoisotopic (exact) mass is 304 g/mol. The van der Waals surface area contributed by atoms with Gasteiger partial charge < -0.3 is 10.5 Å². The third-order valence-electron chi connectivity index (χ3n) is 3.42. The summed E-state index contributed by atoms with van der Waals surface area (Å²) in [6, 6.07) is 8.29. The Morgan fingerprint density at radius 3 is 2.48 bits per heavy atom. The van der Waals surface area contributed by atoms with Crippen LogP contribution in [0.25, 0.3) is 0 Å². The van der Waals surface area contributed by atoms with Gasteiger partial charge in [0.2, 0.25) is 0 Å². The first-order chi connectivity index (χ1) is 10.1. The van der Waals surface area contributed by atoms with Gasteiger partial charge in [0, 0.05) is 17.8 Å². The van der Waals surface area contributed by atoms with Crippen molar-refractivity contribution < 1.29 is 4.74 Å². The summed E-state index contributed by atoms with van der Waals surface area (Å²) in [6.45, 7) is 7.69. The first-order valence-corrected chi connectivity index (χ1v) is 8.36. The third kappa shape index (κ3) is 4.29. The predicted molar refractivity (Wildman–Crippen MR) is 89.1 cm³/mol. The van der Waals surface area contributed by atoms with Crippen LogP contribution in [0.4, 0.5) is 0 Å². The number of hydrogen-bond acceptors (Lipinski definition) is 4. The van der Waals surface area contributed by atoms with E-state index in [-0.39, 0.29) is 0 Å². The first kappa shape index (κ1) is 16.0. The maximum absolute atomic E-state index is 5.79. The summed E-state index contributed by atoms with van der Waals surface area (Å²) in [5, 5.41) is 1.12. The normalized spacial score (nSPS) is 11.1. The molecule has 1 aromatic carbocycles. The van der Waals surface area contributed by atoms with Gasteiger partial charge in [0.1, 0.15) is 5.75 Å². The van der Waals surface area contributed by atoms with Crippen LogP contribution in [0.1, 0.15) is 47.8 Å². The van der Waals surface area contributed by atoms with E-state index in [4.69, 9.17) is 15.5 Å². The molecule has 0 spiro atoms. The van der Waals surface area contributed by atoms with Crippen molar-refractivity contribution in [3.05, 3.63) is 45.4 Å². The summed E-state index contributed by atoms with van der Waals surface area (Å²) in [6.07, 6.45) is 1.89. The van der Waals surface area contributed by atoms with Crippen LogP contribution in [0.3, 0.4) is 0 Å². The second kappa shape index (κ2) is 7.57. The van der Waals surface area contributed by atoms with Crippen LogP contribution in [0.5, 0.6) is 5.75 Å². The minimum Gasteiger partial charge on any atom is -0.493 e. The average molecular weight is 304 g/mol. The first-order valence-electron chi connectivity index (χ1n) is 7.54. The number of nitrogens with zero attached hydrogens (tertiary/aromatic N) is 1. The maximum atomic E-state index is 5.79. The molecule has 3 nitrogen and oxygen atoms in total. The Bertz CT molecular complexity index is 561. The molecule has 0 bridgehead atoms. The van der Waals surface area contributed by atoms with Crippen LogP contribution in [0.15, 0.2) is 24.3 Å². The van der Waals surface area contributed by atoms with E-state index in [1.807, 2.05) is 12.1 Å². The zero-order valence-electron chi connectivity index (χ0n) is 13.1. The molecule has 0 fully saturated rings. The highest BCUT2D eigenvalue weighted by molar-refractivity contribution is 7.11. The van der Waals surface area contributed by atoms with Gasteiger partial charge in [-0.3, -0.25) is 0 Å². The van der Waals surface area contributed by atoms with Crippen molar-refractivity contribution in [3.8, 4) is 5.75 Å². The molecule has 21 heavy (non-hydrogen) atoms. The van der Waals surface area contributed by atoms with Gasteiger partial charge in [0.05, 0.1) is 17.3 Å². The van der Waals surface area contributed by atoms with Gasteiger partial charge in [-0.2, -0.15) is 0 Å². The molecule has 0 aliphatic heterocycles. The van der Waals surface area contributed by atoms with Crippen molar-refractivity contribution in [2.24, 2.45) is 5.73 Å². The van der Waals surface area contributed by atoms with Crippen LogP contribution in [-0.4, -0.2) is 11.6 Å². The molecule has 0 aliphatic rings. The van der Waals surface area contributed by atoms with Gasteiger partial charge in [-0.25, -0.2) is 4.98 Å². The van der Waals surface area contributed by atoms with E-state index in [9.17, 15) is 0 Å². The summed E-state index contributed by atoms with van der Waals surface area (Å²) in [4.78, 5) is 5.90. The lowest BCUT2D eigenvalue weighted by molar-refractivity contribution is 0.321. The summed E-state index contributed by atoms with van der Waals surface area (Å²) < 4.78 is 5.79. The summed E-state index contributed by atoms with van der Waals surface area (Å²) in [7, 11) is 0. The van der Waals surface area contributed by atoms with Crippen molar-refractivity contribution in [3.63, 3.8) is 0 Å². The maximum Gasteiger partial charge on any atom is 0.119 e. The Balaban J connectivity index is 1.90. The predicted octanol–water partition coefficient (Wildman–Crippen LogP) is 3.91. The van der Waals surface area contributed by atoms with Crippen LogP contribution in [0, 0.1) is 0 Å². The van der Waals surface area contributed by atoms with Gasteiger partial charge in [-0.15, -0.1) is 11.3 Å². The Morgan fingerprint density at radius 2 is 1.95 bits per heavy atom. The fraction of sp³-hybridized carbons (Fsp3) is 0.471. The van der Waals surface area contributed by atoms with Crippen LogP contribution < -0.4 is 10.5 Å². The molecule has 0 saturated heterocycles. The Labute approximate surface area is 131 Å². The molecule has 0 unspecified atom stereocenters. The highest BCUT2D eigenvalue weighted by Crippen LogP contribution is 2.25. The summed E-state index contributed by atoms with van der Waals surface area (Å²) >= 11 is 1.71. The minimum atomic E-state index is 0.427. The molecular weight excluding hydrogens is 280 g/mol. The number of thiazole rings is 1. The van der Waals surface area contributed by atoms with E-state index in [0.29, 0.717) is 19.1 Å². The Morgan fingerprint density at radius 1 is 1.24 bits per heavy atom. The van der Waals surface area contributed by atoms with E-state index in [0.717, 1.165) is 29.3 Å². The van der Waals surface area contributed by atoms with Crippen molar-refractivity contribution in [1.29, 1.82) is 0 Å². The second-order valence-electron chi connectivity index (χ2n) is 5.37. The van der Waals surface area contributed by atoms with Gasteiger partial charge in [0.15, 0.2) is 0 Å². The van der Waals surface area contributed by atoms with Gasteiger partial charge in [-0.05, 0) is 30.0 Å². The molecule has 1 aromatic heterocycles. The van der Waals surface area contributed by atoms with Gasteiger partial charge in [-0.1, -0.05) is 32.9 Å². The molecule has 1 heterocycles. The van der Waals surface area contributed by atoms with Gasteiger partial charge in [0.25, 0.3) is 0 Å². The molecule has 4 heteroatoms. The number of hydrogen-bond donors (Lipinski definition) is 1. The van der Waals surface area contributed by atoms with E-state index >= 15 is 0 Å². The Kier molecular flexibility index (Phi) is 5.76. The number of nitrogens with two attached hydrogens (primary N) is 1. The molecule has 2 rings (SSSR count). The van der Waals surface area contributed by atoms with Crippen molar-refractivity contribution in [1.82, 2.24) is 4.98 Å². The molecule has 114 valence electrons. The van der Waals surface area contributed by atoms with Crippen molar-refractivity contribution in [2.75, 3.05) is 6.61 Å². The minimum absolute atomic E-state index is 0.427. The third-order valence-corrected chi connectivity index (χ3v) is 4.57. The molecule has 0 aliphatic carbocycles. The van der Waals surface area contributed by atoms with Crippen LogP contribution in [-0.2, 0) is 19.4 Å². The largest absolute Gasteiger partial charge is 0.493 e. The molecule has 0 saturated carbocycles. The molecule has 0 atom stereocenters. The second-order valence-corrected chi connectivity index (χ2v) is 6.54. The number of aromatic nitrogens is 1. The van der Waals surface area contributed by atoms with E-state index in [2.05, 4.69) is 32.9 Å². The lowest BCUT2D eigenvalue weighted by Gasteiger charge is -2.05. The molecule has 0 amide bonds. The number of ether oxygens (including phenoxy) is 1. The molecular formula is C17H24N2OS. The van der Waals surface area contributed by atoms with Crippen LogP contribution >= 0.6 is 11.3 Å². The van der Waals surface area contributed by atoms with Crippen molar-refractivity contribution in [2.45, 2.75) is 46.1 Å². The van der Waals surface area contributed by atoms with E-state index in [1.165, 1.54) is 10.4 Å². The van der Waals surface area contributed by atoms with E-state index in [1.54, 1.807) is 11.3 Å². The summed E-state index contributed by atoms with van der Waals surface area (Å²) in [5.41, 5.74) is 8.26. The quantitative estimate of drug-likeness (QED) is 0.843. The SMILES string of the molecule is CCc1ccc(OCCc2nc(C(C)C)c(CN)s2)cc1. The lowest BCUT2D eigenvalue weighted by Crippen LogP contribution is -2.02. The van der Waals surface area contributed by atoms with E-state index < -0.39 is 0 Å².